The van der Waals surface area contributed by atoms with Crippen molar-refractivity contribution in [3.63, 3.8) is 0 Å². The van der Waals surface area contributed by atoms with E-state index in [1.54, 1.807) is 0 Å². The normalized spacial score (nSPS) is 35.1. The fourth-order valence-corrected chi connectivity index (χ4v) is 6.91. The molecule has 208 valence electrons. The molecular weight excluding hydrogens is 462 g/mol. The number of aliphatic carboxylic acids is 1. The van der Waals surface area contributed by atoms with Crippen molar-refractivity contribution in [3.05, 3.63) is 0 Å². The molecule has 8 nitrogen and oxygen atoms in total. The van der Waals surface area contributed by atoms with Crippen LogP contribution in [-0.4, -0.2) is 80.3 Å². The van der Waals surface area contributed by atoms with Crippen molar-refractivity contribution in [3.8, 4) is 0 Å². The lowest BCUT2D eigenvalue weighted by molar-refractivity contribution is -0.230. The monoisotopic (exact) mass is 511 g/mol. The third kappa shape index (κ3) is 6.61. The van der Waals surface area contributed by atoms with Crippen molar-refractivity contribution >= 4 is 11.9 Å². The number of aliphatic hydroxyl groups is 3. The average Bonchev–Trinajstić information content (AvgIpc) is 3.33. The molecular formula is C28H49NO7. The number of carbonyl (C=O) groups is 2. The van der Waals surface area contributed by atoms with Crippen molar-refractivity contribution in [2.45, 2.75) is 128 Å². The van der Waals surface area contributed by atoms with Gasteiger partial charge in [-0.3, -0.25) is 9.59 Å². The number of aliphatic hydroxyl groups excluding tert-OH is 2. The van der Waals surface area contributed by atoms with Gasteiger partial charge in [0.05, 0.1) is 24.0 Å². The lowest BCUT2D eigenvalue weighted by atomic mass is 9.55. The zero-order valence-corrected chi connectivity index (χ0v) is 22.7. The lowest BCUT2D eigenvalue weighted by Gasteiger charge is -2.57. The standard InChI is InChI=1S/C28H49NO7/c1-5-27(3,4)26(34)36-24-15-20(29-12-6-7-13-29)14-19-9-8-18(2)23(28(19,24)35)11-10-21(30)16-22(31)17-25(32)33/h18-24,30-31,35H,5-17H2,1-4H3,(H,32,33)/t18-,19-,20-,21-,22+,23-,24-,28+/m0/s1. The quantitative estimate of drug-likeness (QED) is 0.311. The molecule has 0 unspecified atom stereocenters. The number of ether oxygens (including phenoxy) is 1. The number of likely N-dealkylation sites (tertiary alicyclic amines) is 1. The van der Waals surface area contributed by atoms with Gasteiger partial charge >= 0.3 is 11.9 Å². The summed E-state index contributed by atoms with van der Waals surface area (Å²) in [6, 6.07) is 0.297. The average molecular weight is 512 g/mol. The summed E-state index contributed by atoms with van der Waals surface area (Å²) in [5.41, 5.74) is -1.79. The second-order valence-electron chi connectivity index (χ2n) is 12.5. The molecule has 0 radical (unpaired) electrons. The highest BCUT2D eigenvalue weighted by atomic mass is 16.6. The molecule has 1 heterocycles. The van der Waals surface area contributed by atoms with Crippen molar-refractivity contribution in [2.24, 2.45) is 23.2 Å². The Labute approximate surface area is 216 Å². The Hall–Kier alpha value is -1.22. The Bertz CT molecular complexity index is 752. The van der Waals surface area contributed by atoms with Gasteiger partial charge in [0.2, 0.25) is 0 Å². The lowest BCUT2D eigenvalue weighted by Crippen LogP contribution is -2.65. The molecule has 4 N–H and O–H groups in total. The van der Waals surface area contributed by atoms with E-state index in [-0.39, 0.29) is 30.1 Å². The molecule has 1 aliphatic heterocycles. The maximum absolute atomic E-state index is 13.2. The van der Waals surface area contributed by atoms with Crippen LogP contribution in [0.2, 0.25) is 0 Å². The van der Waals surface area contributed by atoms with E-state index in [1.165, 1.54) is 12.8 Å². The van der Waals surface area contributed by atoms with Crippen LogP contribution in [0.5, 0.6) is 0 Å². The van der Waals surface area contributed by atoms with Gasteiger partial charge in [-0.2, -0.15) is 0 Å². The van der Waals surface area contributed by atoms with Gasteiger partial charge in [-0.05, 0) is 102 Å². The second-order valence-corrected chi connectivity index (χ2v) is 12.5. The summed E-state index contributed by atoms with van der Waals surface area (Å²) < 4.78 is 6.22. The Morgan fingerprint density at radius 2 is 1.78 bits per heavy atom. The Morgan fingerprint density at radius 1 is 1.11 bits per heavy atom. The van der Waals surface area contributed by atoms with Crippen molar-refractivity contribution < 1.29 is 34.8 Å². The number of carboxylic acids is 1. The molecule has 0 bridgehead atoms. The smallest absolute Gasteiger partial charge is 0.311 e. The van der Waals surface area contributed by atoms with Gasteiger partial charge in [-0.15, -0.1) is 0 Å². The van der Waals surface area contributed by atoms with Gasteiger partial charge < -0.3 is 30.1 Å². The molecule has 0 aromatic carbocycles. The summed E-state index contributed by atoms with van der Waals surface area (Å²) in [4.78, 5) is 26.6. The highest BCUT2D eigenvalue weighted by molar-refractivity contribution is 5.76. The van der Waals surface area contributed by atoms with Crippen LogP contribution in [0.3, 0.4) is 0 Å². The number of hydrogen-bond acceptors (Lipinski definition) is 7. The van der Waals surface area contributed by atoms with Crippen LogP contribution in [0, 0.1) is 23.2 Å². The third-order valence-corrected chi connectivity index (χ3v) is 9.57. The van der Waals surface area contributed by atoms with E-state index in [4.69, 9.17) is 9.84 Å². The van der Waals surface area contributed by atoms with Crippen LogP contribution in [0.4, 0.5) is 0 Å². The molecule has 8 heteroatoms. The summed E-state index contributed by atoms with van der Waals surface area (Å²) in [6.07, 6.45) is 4.36. The van der Waals surface area contributed by atoms with E-state index in [2.05, 4.69) is 11.8 Å². The predicted molar refractivity (Wildman–Crippen MR) is 136 cm³/mol. The molecule has 2 aliphatic carbocycles. The van der Waals surface area contributed by atoms with Crippen LogP contribution in [0.25, 0.3) is 0 Å². The molecule has 0 spiro atoms. The Kier molecular flexibility index (Phi) is 9.86. The summed E-state index contributed by atoms with van der Waals surface area (Å²) in [6.45, 7) is 9.99. The molecule has 3 rings (SSSR count). The number of hydrogen-bond donors (Lipinski definition) is 4. The van der Waals surface area contributed by atoms with Crippen LogP contribution in [0.15, 0.2) is 0 Å². The summed E-state index contributed by atoms with van der Waals surface area (Å²) in [7, 11) is 0. The van der Waals surface area contributed by atoms with Crippen LogP contribution < -0.4 is 0 Å². The summed E-state index contributed by atoms with van der Waals surface area (Å²) in [5.74, 6) is -1.29. The van der Waals surface area contributed by atoms with Gasteiger partial charge in [0.25, 0.3) is 0 Å². The fourth-order valence-electron chi connectivity index (χ4n) is 6.91. The van der Waals surface area contributed by atoms with Crippen molar-refractivity contribution in [2.75, 3.05) is 13.1 Å². The molecule has 0 aromatic heterocycles. The van der Waals surface area contributed by atoms with E-state index < -0.39 is 41.7 Å². The summed E-state index contributed by atoms with van der Waals surface area (Å²) in [5, 5.41) is 41.8. The molecule has 1 saturated heterocycles. The van der Waals surface area contributed by atoms with E-state index in [1.807, 2.05) is 20.8 Å². The Morgan fingerprint density at radius 3 is 2.39 bits per heavy atom. The van der Waals surface area contributed by atoms with Crippen LogP contribution >= 0.6 is 0 Å². The number of nitrogens with zero attached hydrogens (tertiary/aromatic N) is 1. The Balaban J connectivity index is 1.80. The zero-order chi connectivity index (χ0) is 26.7. The number of carbonyl (C=O) groups excluding carboxylic acids is 1. The first-order chi connectivity index (χ1) is 16.9. The maximum atomic E-state index is 13.2. The van der Waals surface area contributed by atoms with Crippen molar-refractivity contribution in [1.82, 2.24) is 4.90 Å². The number of fused-ring (bicyclic) bond motifs is 1. The SMILES string of the molecule is CCC(C)(C)C(=O)O[C@H]1C[C@@H](N2CCCC2)C[C@@H]2CC[C@H](C)[C@H](CC[C@H](O)C[C@@H](O)CC(=O)O)[C@]21O. The van der Waals surface area contributed by atoms with E-state index in [0.717, 1.165) is 32.4 Å². The topological polar surface area (TPSA) is 128 Å². The fraction of sp³-hybridized carbons (Fsp3) is 0.929. The number of carboxylic acid groups (broad SMARTS) is 1. The maximum Gasteiger partial charge on any atom is 0.311 e. The van der Waals surface area contributed by atoms with Gasteiger partial charge in [0.1, 0.15) is 11.7 Å². The minimum Gasteiger partial charge on any atom is -0.481 e. The molecule has 3 aliphatic rings. The first-order valence-electron chi connectivity index (χ1n) is 14.1. The third-order valence-electron chi connectivity index (χ3n) is 9.57. The first kappa shape index (κ1) is 29.3. The van der Waals surface area contributed by atoms with Crippen LogP contribution in [-0.2, 0) is 14.3 Å². The summed E-state index contributed by atoms with van der Waals surface area (Å²) >= 11 is 0. The van der Waals surface area contributed by atoms with Gasteiger partial charge in [-0.1, -0.05) is 13.8 Å². The highest BCUT2D eigenvalue weighted by Crippen LogP contribution is 2.53. The first-order valence-corrected chi connectivity index (χ1v) is 14.1. The molecule has 36 heavy (non-hydrogen) atoms. The predicted octanol–water partition coefficient (Wildman–Crippen LogP) is 3.35. The highest BCUT2D eigenvalue weighted by Gasteiger charge is 2.59. The minimum atomic E-state index is -1.16. The van der Waals surface area contributed by atoms with Gasteiger partial charge in [0, 0.05) is 12.5 Å². The van der Waals surface area contributed by atoms with Crippen LogP contribution in [0.1, 0.15) is 98.3 Å². The minimum absolute atomic E-state index is 0.00457. The van der Waals surface area contributed by atoms with E-state index in [9.17, 15) is 24.9 Å². The van der Waals surface area contributed by atoms with Crippen molar-refractivity contribution in [1.29, 1.82) is 0 Å². The molecule has 3 fully saturated rings. The van der Waals surface area contributed by atoms with Gasteiger partial charge in [0.15, 0.2) is 0 Å². The zero-order valence-electron chi connectivity index (χ0n) is 22.7. The van der Waals surface area contributed by atoms with E-state index in [0.29, 0.717) is 31.7 Å². The largest absolute Gasteiger partial charge is 0.481 e. The number of rotatable bonds is 11. The molecule has 0 aromatic rings. The molecule has 0 amide bonds. The van der Waals surface area contributed by atoms with Gasteiger partial charge in [-0.25, -0.2) is 0 Å². The van der Waals surface area contributed by atoms with E-state index >= 15 is 0 Å². The number of esters is 1. The molecule has 2 saturated carbocycles. The second kappa shape index (κ2) is 12.1. The molecule has 8 atom stereocenters.